The van der Waals surface area contributed by atoms with Crippen molar-refractivity contribution in [3.05, 3.63) is 95.6 Å². The molecule has 0 saturated carbocycles. The van der Waals surface area contributed by atoms with E-state index >= 15 is 0 Å². The molecule has 0 aliphatic rings. The van der Waals surface area contributed by atoms with Gasteiger partial charge < -0.3 is 5.32 Å². The molecule has 0 heterocycles. The number of rotatable bonds is 6. The van der Waals surface area contributed by atoms with E-state index in [2.05, 4.69) is 5.32 Å². The Morgan fingerprint density at radius 2 is 1.50 bits per heavy atom. The largest absolute Gasteiger partial charge is 0.322 e. The zero-order valence-corrected chi connectivity index (χ0v) is 16.6. The van der Waals surface area contributed by atoms with Gasteiger partial charge in [0.25, 0.3) is 5.91 Å². The highest BCUT2D eigenvalue weighted by Gasteiger charge is 2.21. The van der Waals surface area contributed by atoms with Gasteiger partial charge in [-0.15, -0.1) is 0 Å². The van der Waals surface area contributed by atoms with Crippen molar-refractivity contribution in [1.82, 2.24) is 4.31 Å². The highest BCUT2D eigenvalue weighted by molar-refractivity contribution is 7.89. The molecule has 144 valence electrons. The van der Waals surface area contributed by atoms with E-state index in [9.17, 15) is 13.2 Å². The van der Waals surface area contributed by atoms with Crippen molar-refractivity contribution in [2.75, 3.05) is 12.4 Å². The highest BCUT2D eigenvalue weighted by Crippen LogP contribution is 2.20. The van der Waals surface area contributed by atoms with Crippen LogP contribution in [0, 0.1) is 6.92 Å². The van der Waals surface area contributed by atoms with Crippen molar-refractivity contribution < 1.29 is 13.2 Å². The summed E-state index contributed by atoms with van der Waals surface area (Å²) in [5, 5.41) is 2.80. The smallest absolute Gasteiger partial charge is 0.255 e. The summed E-state index contributed by atoms with van der Waals surface area (Å²) in [6, 6.07) is 22.9. The third-order valence-corrected chi connectivity index (χ3v) is 6.28. The fourth-order valence-corrected chi connectivity index (χ4v) is 4.00. The van der Waals surface area contributed by atoms with Crippen LogP contribution in [0.15, 0.2) is 83.8 Å². The van der Waals surface area contributed by atoms with Gasteiger partial charge in [-0.1, -0.05) is 48.5 Å². The topological polar surface area (TPSA) is 66.5 Å². The number of carbonyl (C=O) groups excluding carboxylic acids is 1. The number of carbonyl (C=O) groups is 1. The predicted molar refractivity (Wildman–Crippen MR) is 111 cm³/mol. The predicted octanol–water partition coefficient (Wildman–Crippen LogP) is 4.07. The Balaban J connectivity index is 1.72. The third kappa shape index (κ3) is 4.47. The zero-order chi connectivity index (χ0) is 20.1. The number of hydrogen-bond donors (Lipinski definition) is 1. The van der Waals surface area contributed by atoms with Crippen molar-refractivity contribution in [3.8, 4) is 0 Å². The van der Waals surface area contributed by atoms with Gasteiger partial charge in [-0.2, -0.15) is 4.31 Å². The molecule has 0 fully saturated rings. The van der Waals surface area contributed by atoms with Gasteiger partial charge in [-0.05, 0) is 48.4 Å². The quantitative estimate of drug-likeness (QED) is 0.685. The molecule has 3 aromatic carbocycles. The zero-order valence-electron chi connectivity index (χ0n) is 15.8. The van der Waals surface area contributed by atoms with E-state index in [1.54, 1.807) is 31.3 Å². The first-order valence-corrected chi connectivity index (χ1v) is 10.3. The molecule has 0 aliphatic carbocycles. The van der Waals surface area contributed by atoms with Crippen LogP contribution < -0.4 is 5.32 Å². The van der Waals surface area contributed by atoms with Crippen molar-refractivity contribution in [2.45, 2.75) is 18.4 Å². The van der Waals surface area contributed by atoms with E-state index in [4.69, 9.17) is 0 Å². The summed E-state index contributed by atoms with van der Waals surface area (Å²) >= 11 is 0. The summed E-state index contributed by atoms with van der Waals surface area (Å²) < 4.78 is 26.9. The Bertz CT molecular complexity index is 1060. The molecule has 0 aliphatic heterocycles. The molecule has 5 nitrogen and oxygen atoms in total. The van der Waals surface area contributed by atoms with Gasteiger partial charge in [-0.3, -0.25) is 4.79 Å². The Kier molecular flexibility index (Phi) is 5.92. The second-order valence-corrected chi connectivity index (χ2v) is 8.58. The van der Waals surface area contributed by atoms with Gasteiger partial charge in [0.1, 0.15) is 0 Å². The Morgan fingerprint density at radius 1 is 0.893 bits per heavy atom. The minimum absolute atomic E-state index is 0.180. The summed E-state index contributed by atoms with van der Waals surface area (Å²) in [6.07, 6.45) is 0. The second kappa shape index (κ2) is 8.37. The summed E-state index contributed by atoms with van der Waals surface area (Å²) in [5.41, 5.74) is 2.91. The molecule has 0 spiro atoms. The van der Waals surface area contributed by atoms with Crippen LogP contribution in [0.2, 0.25) is 0 Å². The van der Waals surface area contributed by atoms with Gasteiger partial charge in [0.05, 0.1) is 4.90 Å². The molecule has 28 heavy (non-hydrogen) atoms. The molecule has 0 atom stereocenters. The van der Waals surface area contributed by atoms with Crippen LogP contribution in [0.5, 0.6) is 0 Å². The van der Waals surface area contributed by atoms with E-state index in [1.165, 1.54) is 16.4 Å². The molecule has 0 radical (unpaired) electrons. The number of amides is 1. The number of aryl methyl sites for hydroxylation is 1. The standard InChI is InChI=1S/C22H22N2O3S/c1-17-8-6-7-11-21(17)22(25)23-19-12-14-20(15-13-19)28(26,27)24(2)16-18-9-4-3-5-10-18/h3-15H,16H2,1-2H3,(H,23,25). The normalized spacial score (nSPS) is 11.4. The Hall–Kier alpha value is -2.96. The fourth-order valence-electron chi connectivity index (χ4n) is 2.84. The molecule has 0 aromatic heterocycles. The monoisotopic (exact) mass is 394 g/mol. The lowest BCUT2D eigenvalue weighted by Crippen LogP contribution is -2.26. The van der Waals surface area contributed by atoms with E-state index in [1.807, 2.05) is 49.4 Å². The van der Waals surface area contributed by atoms with Crippen molar-refractivity contribution >= 4 is 21.6 Å². The molecule has 6 heteroatoms. The van der Waals surface area contributed by atoms with Gasteiger partial charge in [0, 0.05) is 24.8 Å². The number of nitrogens with one attached hydrogen (secondary N) is 1. The van der Waals surface area contributed by atoms with Gasteiger partial charge in [0.15, 0.2) is 0 Å². The molecule has 3 rings (SSSR count). The van der Waals surface area contributed by atoms with Crippen LogP contribution in [0.1, 0.15) is 21.5 Å². The molecule has 1 N–H and O–H groups in total. The Morgan fingerprint density at radius 3 is 2.14 bits per heavy atom. The Labute approximate surface area is 165 Å². The summed E-state index contributed by atoms with van der Waals surface area (Å²) in [5.74, 6) is -0.227. The number of sulfonamides is 1. The van der Waals surface area contributed by atoms with Crippen LogP contribution >= 0.6 is 0 Å². The molecular weight excluding hydrogens is 372 g/mol. The molecule has 0 bridgehead atoms. The van der Waals surface area contributed by atoms with Gasteiger partial charge in [0.2, 0.25) is 10.0 Å². The average molecular weight is 394 g/mol. The number of benzene rings is 3. The third-order valence-electron chi connectivity index (χ3n) is 4.46. The SMILES string of the molecule is Cc1ccccc1C(=O)Nc1ccc(S(=O)(=O)N(C)Cc2ccccc2)cc1. The molecule has 0 unspecified atom stereocenters. The van der Waals surface area contributed by atoms with Gasteiger partial charge >= 0.3 is 0 Å². The van der Waals surface area contributed by atoms with E-state index in [0.29, 0.717) is 11.3 Å². The highest BCUT2D eigenvalue weighted by atomic mass is 32.2. The van der Waals surface area contributed by atoms with E-state index < -0.39 is 10.0 Å². The maximum Gasteiger partial charge on any atom is 0.255 e. The fraction of sp³-hybridized carbons (Fsp3) is 0.136. The molecular formula is C22H22N2O3S. The first kappa shape index (κ1) is 19.8. The van der Waals surface area contributed by atoms with Crippen LogP contribution in [0.25, 0.3) is 0 Å². The van der Waals surface area contributed by atoms with E-state index in [-0.39, 0.29) is 17.3 Å². The van der Waals surface area contributed by atoms with Gasteiger partial charge in [-0.25, -0.2) is 8.42 Å². The van der Waals surface area contributed by atoms with Crippen molar-refractivity contribution in [2.24, 2.45) is 0 Å². The second-order valence-electron chi connectivity index (χ2n) is 6.54. The van der Waals surface area contributed by atoms with E-state index in [0.717, 1.165) is 11.1 Å². The number of hydrogen-bond acceptors (Lipinski definition) is 3. The van der Waals surface area contributed by atoms with Crippen LogP contribution in [-0.2, 0) is 16.6 Å². The first-order chi connectivity index (χ1) is 13.4. The molecule has 0 saturated heterocycles. The molecule has 1 amide bonds. The summed E-state index contributed by atoms with van der Waals surface area (Å²) in [7, 11) is -2.07. The average Bonchev–Trinajstić information content (AvgIpc) is 2.69. The maximum atomic E-state index is 12.8. The lowest BCUT2D eigenvalue weighted by atomic mass is 10.1. The number of anilines is 1. The van der Waals surface area contributed by atoms with Crippen LogP contribution in [-0.4, -0.2) is 25.7 Å². The summed E-state index contributed by atoms with van der Waals surface area (Å²) in [4.78, 5) is 12.6. The lowest BCUT2D eigenvalue weighted by molar-refractivity contribution is 0.102. The summed E-state index contributed by atoms with van der Waals surface area (Å²) in [6.45, 7) is 2.15. The first-order valence-electron chi connectivity index (χ1n) is 8.85. The van der Waals surface area contributed by atoms with Crippen LogP contribution in [0.4, 0.5) is 5.69 Å². The van der Waals surface area contributed by atoms with Crippen LogP contribution in [0.3, 0.4) is 0 Å². The maximum absolute atomic E-state index is 12.8. The van der Waals surface area contributed by atoms with Crippen molar-refractivity contribution in [3.63, 3.8) is 0 Å². The minimum Gasteiger partial charge on any atom is -0.322 e. The molecule has 3 aromatic rings. The number of nitrogens with zero attached hydrogens (tertiary/aromatic N) is 1. The lowest BCUT2D eigenvalue weighted by Gasteiger charge is -2.17. The minimum atomic E-state index is -3.62. The van der Waals surface area contributed by atoms with Crippen molar-refractivity contribution in [1.29, 1.82) is 0 Å².